The summed E-state index contributed by atoms with van der Waals surface area (Å²) < 4.78 is 38.1. The molecule has 0 aliphatic carbocycles. The number of nitrogens with zero attached hydrogens (tertiary/aromatic N) is 2. The van der Waals surface area contributed by atoms with Gasteiger partial charge in [-0.05, 0) is 13.0 Å². The molecule has 4 nitrogen and oxygen atoms in total. The molecule has 18 heavy (non-hydrogen) atoms. The van der Waals surface area contributed by atoms with E-state index >= 15 is 0 Å². The summed E-state index contributed by atoms with van der Waals surface area (Å²) >= 11 is 0. The number of aromatic nitrogens is 1. The third-order valence-corrected chi connectivity index (χ3v) is 2.52. The molecule has 0 saturated heterocycles. The molecular weight excluding hydrogens is 249 g/mol. The first-order valence-corrected chi connectivity index (χ1v) is 5.27. The molecule has 1 amide bonds. The van der Waals surface area contributed by atoms with Crippen molar-refractivity contribution in [3.63, 3.8) is 0 Å². The van der Waals surface area contributed by atoms with Gasteiger partial charge in [-0.1, -0.05) is 0 Å². The molecule has 1 rings (SSSR count). The zero-order valence-electron chi connectivity index (χ0n) is 9.99. The van der Waals surface area contributed by atoms with Crippen LogP contribution in [0, 0.1) is 0 Å². The van der Waals surface area contributed by atoms with Gasteiger partial charge in [0.1, 0.15) is 6.54 Å². The molecule has 0 N–H and O–H groups in total. The molecule has 0 aromatic carbocycles. The number of hydrogen-bond donors (Lipinski definition) is 0. The molecule has 0 spiro atoms. The van der Waals surface area contributed by atoms with Gasteiger partial charge in [-0.25, -0.2) is 0 Å². The number of hydrogen-bond acceptors (Lipinski definition) is 2. The lowest BCUT2D eigenvalue weighted by Crippen LogP contribution is -2.33. The summed E-state index contributed by atoms with van der Waals surface area (Å²) in [6.07, 6.45) is -3.88. The van der Waals surface area contributed by atoms with Crippen LogP contribution < -0.4 is 5.56 Å². The van der Waals surface area contributed by atoms with Crippen molar-refractivity contribution in [2.24, 2.45) is 0 Å². The summed E-state index contributed by atoms with van der Waals surface area (Å²) in [7, 11) is 1.51. The van der Waals surface area contributed by atoms with Crippen molar-refractivity contribution >= 4 is 5.91 Å². The SMILES string of the molecule is CCN(C)C(=O)Cn1cc(C(F)(F)F)ccc1=O. The maximum absolute atomic E-state index is 12.5. The molecule has 100 valence electrons. The van der Waals surface area contributed by atoms with Crippen molar-refractivity contribution in [1.29, 1.82) is 0 Å². The molecule has 0 unspecified atom stereocenters. The standard InChI is InChI=1S/C11H13F3N2O2/c1-3-15(2)10(18)7-16-6-8(11(12,13)14)4-5-9(16)17/h4-6H,3,7H2,1-2H3. The Morgan fingerprint density at radius 2 is 2.00 bits per heavy atom. The lowest BCUT2D eigenvalue weighted by molar-refractivity contribution is -0.138. The van der Waals surface area contributed by atoms with E-state index in [1.54, 1.807) is 6.92 Å². The van der Waals surface area contributed by atoms with Crippen LogP contribution in [0.15, 0.2) is 23.1 Å². The molecule has 1 aromatic heterocycles. The van der Waals surface area contributed by atoms with Crippen molar-refractivity contribution < 1.29 is 18.0 Å². The van der Waals surface area contributed by atoms with Crippen molar-refractivity contribution in [3.8, 4) is 0 Å². The minimum atomic E-state index is -4.53. The third-order valence-electron chi connectivity index (χ3n) is 2.52. The molecule has 0 aliphatic heterocycles. The lowest BCUT2D eigenvalue weighted by atomic mass is 10.2. The van der Waals surface area contributed by atoms with Crippen LogP contribution in [0.3, 0.4) is 0 Å². The highest BCUT2D eigenvalue weighted by molar-refractivity contribution is 5.75. The molecule has 0 fully saturated rings. The number of alkyl halides is 3. The van der Waals surface area contributed by atoms with E-state index in [2.05, 4.69) is 0 Å². The topological polar surface area (TPSA) is 42.3 Å². The van der Waals surface area contributed by atoms with E-state index < -0.39 is 29.8 Å². The van der Waals surface area contributed by atoms with Gasteiger partial charge in [0.25, 0.3) is 5.56 Å². The van der Waals surface area contributed by atoms with Crippen LogP contribution in [0.4, 0.5) is 13.2 Å². The molecule has 0 radical (unpaired) electrons. The van der Waals surface area contributed by atoms with Crippen LogP contribution >= 0.6 is 0 Å². The highest BCUT2D eigenvalue weighted by Crippen LogP contribution is 2.27. The Balaban J connectivity index is 3.03. The smallest absolute Gasteiger partial charge is 0.344 e. The Labute approximate surface area is 102 Å². The van der Waals surface area contributed by atoms with E-state index in [0.717, 1.165) is 10.6 Å². The molecule has 1 heterocycles. The molecule has 0 atom stereocenters. The molecule has 7 heteroatoms. The van der Waals surface area contributed by atoms with E-state index in [1.165, 1.54) is 11.9 Å². The first kappa shape index (κ1) is 14.3. The van der Waals surface area contributed by atoms with E-state index in [1.807, 2.05) is 0 Å². The second-order valence-corrected chi connectivity index (χ2v) is 3.79. The number of carbonyl (C=O) groups is 1. The number of pyridine rings is 1. The van der Waals surface area contributed by atoms with Gasteiger partial charge < -0.3 is 9.47 Å². The van der Waals surface area contributed by atoms with Crippen LogP contribution in [-0.4, -0.2) is 29.0 Å². The van der Waals surface area contributed by atoms with E-state index in [9.17, 15) is 22.8 Å². The average molecular weight is 262 g/mol. The van der Waals surface area contributed by atoms with Gasteiger partial charge in [-0.3, -0.25) is 9.59 Å². The highest BCUT2D eigenvalue weighted by atomic mass is 19.4. The van der Waals surface area contributed by atoms with E-state index in [0.29, 0.717) is 18.8 Å². The molecule has 0 saturated carbocycles. The van der Waals surface area contributed by atoms with Gasteiger partial charge in [-0.15, -0.1) is 0 Å². The Morgan fingerprint density at radius 3 is 2.50 bits per heavy atom. The fourth-order valence-electron chi connectivity index (χ4n) is 1.27. The zero-order chi connectivity index (χ0) is 13.9. The summed E-state index contributed by atoms with van der Waals surface area (Å²) in [6.45, 7) is 1.76. The van der Waals surface area contributed by atoms with Crippen LogP contribution in [0.1, 0.15) is 12.5 Å². The van der Waals surface area contributed by atoms with Crippen LogP contribution in [0.5, 0.6) is 0 Å². The highest BCUT2D eigenvalue weighted by Gasteiger charge is 2.31. The second kappa shape index (κ2) is 5.24. The third kappa shape index (κ3) is 3.35. The summed E-state index contributed by atoms with van der Waals surface area (Å²) in [5.74, 6) is -0.418. The summed E-state index contributed by atoms with van der Waals surface area (Å²) in [6, 6.07) is 1.51. The quantitative estimate of drug-likeness (QED) is 0.825. The fourth-order valence-corrected chi connectivity index (χ4v) is 1.27. The first-order valence-electron chi connectivity index (χ1n) is 5.27. The minimum absolute atomic E-state index is 0.396. The number of carbonyl (C=O) groups excluding carboxylic acids is 1. The maximum atomic E-state index is 12.5. The van der Waals surface area contributed by atoms with Crippen LogP contribution in [0.2, 0.25) is 0 Å². The predicted octanol–water partition coefficient (Wildman–Crippen LogP) is 1.35. The lowest BCUT2D eigenvalue weighted by Gasteiger charge is -2.16. The number of halogens is 3. The Hall–Kier alpha value is -1.79. The second-order valence-electron chi connectivity index (χ2n) is 3.79. The fraction of sp³-hybridized carbons (Fsp3) is 0.455. The van der Waals surface area contributed by atoms with Gasteiger partial charge >= 0.3 is 6.18 Å². The molecule has 0 bridgehead atoms. The van der Waals surface area contributed by atoms with Gasteiger partial charge in [0.05, 0.1) is 5.56 Å². The summed E-state index contributed by atoms with van der Waals surface area (Å²) in [4.78, 5) is 24.2. The van der Waals surface area contributed by atoms with E-state index in [4.69, 9.17) is 0 Å². The van der Waals surface area contributed by atoms with Crippen molar-refractivity contribution in [1.82, 2.24) is 9.47 Å². The zero-order valence-corrected chi connectivity index (χ0v) is 9.99. The average Bonchev–Trinajstić information content (AvgIpc) is 2.29. The summed E-state index contributed by atoms with van der Waals surface area (Å²) in [5, 5.41) is 0. The van der Waals surface area contributed by atoms with Crippen molar-refractivity contribution in [3.05, 3.63) is 34.2 Å². The van der Waals surface area contributed by atoms with Gasteiger partial charge in [0.2, 0.25) is 5.91 Å². The molecule has 1 aromatic rings. The van der Waals surface area contributed by atoms with Crippen LogP contribution in [0.25, 0.3) is 0 Å². The van der Waals surface area contributed by atoms with Gasteiger partial charge in [-0.2, -0.15) is 13.2 Å². The summed E-state index contributed by atoms with van der Waals surface area (Å²) in [5.41, 5.74) is -1.59. The normalized spacial score (nSPS) is 11.4. The van der Waals surface area contributed by atoms with Crippen molar-refractivity contribution in [2.75, 3.05) is 13.6 Å². The number of amides is 1. The van der Waals surface area contributed by atoms with Crippen molar-refractivity contribution in [2.45, 2.75) is 19.6 Å². The molecular formula is C11H13F3N2O2. The number of rotatable bonds is 3. The maximum Gasteiger partial charge on any atom is 0.417 e. The predicted molar refractivity (Wildman–Crippen MR) is 59.0 cm³/mol. The van der Waals surface area contributed by atoms with Gasteiger partial charge in [0.15, 0.2) is 0 Å². The Morgan fingerprint density at radius 1 is 1.39 bits per heavy atom. The monoisotopic (exact) mass is 262 g/mol. The largest absolute Gasteiger partial charge is 0.417 e. The Bertz CT molecular complexity index is 494. The van der Waals surface area contributed by atoms with E-state index in [-0.39, 0.29) is 0 Å². The Kier molecular flexibility index (Phi) is 4.15. The van der Waals surface area contributed by atoms with Gasteiger partial charge in [0, 0.05) is 25.9 Å². The first-order chi connectivity index (χ1) is 8.25. The number of likely N-dealkylation sites (N-methyl/N-ethyl adjacent to an activating group) is 1. The molecule has 0 aliphatic rings. The minimum Gasteiger partial charge on any atom is -0.344 e. The van der Waals surface area contributed by atoms with Crippen LogP contribution in [-0.2, 0) is 17.5 Å².